The first-order valence-electron chi connectivity index (χ1n) is 13.7. The highest BCUT2D eigenvalue weighted by Crippen LogP contribution is 2.73. The fourth-order valence-electron chi connectivity index (χ4n) is 6.22. The monoisotopic (exact) mass is 552 g/mol. The lowest BCUT2D eigenvalue weighted by Crippen LogP contribution is -2.43. The van der Waals surface area contributed by atoms with E-state index in [1.165, 1.54) is 31.8 Å². The Hall–Kier alpha value is -4.02. The van der Waals surface area contributed by atoms with Crippen molar-refractivity contribution in [2.24, 2.45) is 0 Å². The van der Waals surface area contributed by atoms with Crippen LogP contribution >= 0.6 is 14.5 Å². The largest absolute Gasteiger partial charge is 0.449 e. The lowest BCUT2D eigenvalue weighted by molar-refractivity contribution is 0.490. The summed E-state index contributed by atoms with van der Waals surface area (Å²) in [6.45, 7) is 0. The van der Waals surface area contributed by atoms with E-state index in [0.29, 0.717) is 0 Å². The fraction of sp³-hybridized carbons (Fsp3) is 0.0270. The molecule has 7 rings (SSSR count). The van der Waals surface area contributed by atoms with Gasteiger partial charge in [0.25, 0.3) is 0 Å². The van der Waals surface area contributed by atoms with Crippen molar-refractivity contribution in [3.05, 3.63) is 170 Å². The summed E-state index contributed by atoms with van der Waals surface area (Å²) in [6.07, 6.45) is 0. The Labute approximate surface area is 237 Å². The van der Waals surface area contributed by atoms with E-state index in [2.05, 4.69) is 170 Å². The van der Waals surface area contributed by atoms with Crippen LogP contribution in [0.3, 0.4) is 0 Å². The molecule has 0 fully saturated rings. The summed E-state index contributed by atoms with van der Waals surface area (Å²) in [5, 5.41) is 8.14. The minimum atomic E-state index is -2.24. The van der Waals surface area contributed by atoms with Gasteiger partial charge in [0.05, 0.1) is 0 Å². The van der Waals surface area contributed by atoms with Crippen molar-refractivity contribution >= 4 is 46.4 Å². The molecule has 1 nitrogen and oxygen atoms in total. The van der Waals surface area contributed by atoms with Crippen molar-refractivity contribution in [2.75, 3.05) is 5.90 Å². The quantitative estimate of drug-likeness (QED) is 0.213. The molecule has 0 saturated carbocycles. The molecule has 0 unspecified atom stereocenters. The highest BCUT2D eigenvalue weighted by molar-refractivity contribution is 8.10. The molecule has 0 saturated heterocycles. The number of rotatable bonds is 4. The van der Waals surface area contributed by atoms with Gasteiger partial charge in [0.15, 0.2) is 42.5 Å². The van der Waals surface area contributed by atoms with E-state index in [0.717, 1.165) is 17.4 Å². The molecule has 0 bridgehead atoms. The van der Waals surface area contributed by atoms with E-state index in [9.17, 15) is 0 Å². The predicted molar refractivity (Wildman–Crippen MR) is 175 cm³/mol. The molecule has 0 aromatic heterocycles. The van der Waals surface area contributed by atoms with E-state index in [4.69, 9.17) is 4.74 Å². The molecule has 0 radical (unpaired) electrons. The zero-order valence-electron chi connectivity index (χ0n) is 22.2. The molecule has 6 aromatic rings. The molecule has 1 aliphatic rings. The molecule has 0 amide bonds. The summed E-state index contributed by atoms with van der Waals surface area (Å²) >= 11 is 0. The number of hydrogen-bond acceptors (Lipinski definition) is 1. The zero-order chi connectivity index (χ0) is 26.8. The van der Waals surface area contributed by atoms with Gasteiger partial charge in [-0.3, -0.25) is 0 Å². The average molecular weight is 553 g/mol. The SMILES string of the molecule is c1ccc([P+]2(c3ccccc3)C[P+](c3ccccc3)(c3ccccc3)c3ccccc3Oc3ccccc32)cc1. The maximum Gasteiger partial charge on any atom is 0.188 e. The van der Waals surface area contributed by atoms with Crippen molar-refractivity contribution in [1.29, 1.82) is 0 Å². The summed E-state index contributed by atoms with van der Waals surface area (Å²) < 4.78 is 7.03. The lowest BCUT2D eigenvalue weighted by atomic mass is 10.3. The van der Waals surface area contributed by atoms with Crippen LogP contribution < -0.4 is 36.6 Å². The zero-order valence-corrected chi connectivity index (χ0v) is 24.0. The second-order valence-corrected chi connectivity index (χ2v) is 17.5. The van der Waals surface area contributed by atoms with E-state index < -0.39 is 14.5 Å². The molecular weight excluding hydrogens is 522 g/mol. The Kier molecular flexibility index (Phi) is 6.57. The third-order valence-corrected chi connectivity index (χ3v) is 18.5. The number of fused-ring (bicyclic) bond motifs is 2. The van der Waals surface area contributed by atoms with Gasteiger partial charge in [0.1, 0.15) is 21.2 Å². The summed E-state index contributed by atoms with van der Waals surface area (Å²) in [6, 6.07) is 62.3. The summed E-state index contributed by atoms with van der Waals surface area (Å²) in [7, 11) is -4.48. The molecule has 3 heteroatoms. The molecule has 0 atom stereocenters. The van der Waals surface area contributed by atoms with Gasteiger partial charge in [-0.05, 0) is 72.8 Å². The van der Waals surface area contributed by atoms with Gasteiger partial charge in [-0.15, -0.1) is 0 Å². The first-order chi connectivity index (χ1) is 19.8. The van der Waals surface area contributed by atoms with Crippen molar-refractivity contribution in [3.8, 4) is 11.5 Å². The van der Waals surface area contributed by atoms with Gasteiger partial charge in [-0.2, -0.15) is 0 Å². The van der Waals surface area contributed by atoms with Crippen LogP contribution in [0.15, 0.2) is 170 Å². The molecular formula is C37H30OP2+2. The van der Waals surface area contributed by atoms with Gasteiger partial charge >= 0.3 is 0 Å². The Morgan fingerprint density at radius 2 is 0.600 bits per heavy atom. The Bertz CT molecular complexity index is 1530. The molecule has 0 aliphatic carbocycles. The molecule has 6 aromatic carbocycles. The third kappa shape index (κ3) is 4.01. The van der Waals surface area contributed by atoms with Crippen LogP contribution in [0.1, 0.15) is 0 Å². The molecule has 1 aliphatic heterocycles. The molecule has 192 valence electrons. The van der Waals surface area contributed by atoms with E-state index in [-0.39, 0.29) is 0 Å². The second kappa shape index (κ2) is 10.5. The molecule has 0 N–H and O–H groups in total. The lowest BCUT2D eigenvalue weighted by Gasteiger charge is -2.37. The summed E-state index contributed by atoms with van der Waals surface area (Å²) in [5.74, 6) is 2.91. The maximum absolute atomic E-state index is 7.03. The Balaban J connectivity index is 1.69. The van der Waals surface area contributed by atoms with Gasteiger partial charge < -0.3 is 4.74 Å². The predicted octanol–water partition coefficient (Wildman–Crippen LogP) is 7.04. The second-order valence-electron chi connectivity index (χ2n) is 10.1. The van der Waals surface area contributed by atoms with Crippen LogP contribution in [0.2, 0.25) is 0 Å². The summed E-state index contributed by atoms with van der Waals surface area (Å²) in [4.78, 5) is 0. The standard InChI is InChI=1S/C37H30OP2/c1-5-17-30(18-6-1)39(31-19-7-2-8-20-31)29-40(32-21-9-3-10-22-32,33-23-11-4-12-24-33)37-28-16-14-26-35(37)38-34-25-13-15-27-36(34)39/h1-28H,29H2/q+2. The highest BCUT2D eigenvalue weighted by atomic mass is 31.2. The first kappa shape index (κ1) is 25.0. The molecule has 40 heavy (non-hydrogen) atoms. The smallest absolute Gasteiger partial charge is 0.188 e. The first-order valence-corrected chi connectivity index (χ1v) is 17.6. The van der Waals surface area contributed by atoms with Crippen molar-refractivity contribution in [3.63, 3.8) is 0 Å². The van der Waals surface area contributed by atoms with E-state index in [1.54, 1.807) is 0 Å². The van der Waals surface area contributed by atoms with Gasteiger partial charge in [0.2, 0.25) is 0 Å². The molecule has 0 spiro atoms. The number of para-hydroxylation sites is 2. The number of hydrogen-bond donors (Lipinski definition) is 0. The topological polar surface area (TPSA) is 9.23 Å². The third-order valence-electron chi connectivity index (χ3n) is 7.99. The van der Waals surface area contributed by atoms with Crippen molar-refractivity contribution in [2.45, 2.75) is 0 Å². The van der Waals surface area contributed by atoms with E-state index >= 15 is 0 Å². The van der Waals surface area contributed by atoms with Crippen molar-refractivity contribution < 1.29 is 4.74 Å². The van der Waals surface area contributed by atoms with Crippen LogP contribution in [-0.4, -0.2) is 5.90 Å². The minimum Gasteiger partial charge on any atom is -0.449 e. The maximum atomic E-state index is 7.03. The van der Waals surface area contributed by atoms with Gasteiger partial charge in [-0.1, -0.05) is 97.1 Å². The summed E-state index contributed by atoms with van der Waals surface area (Å²) in [5.41, 5.74) is 0. The van der Waals surface area contributed by atoms with Crippen LogP contribution in [0.4, 0.5) is 0 Å². The highest BCUT2D eigenvalue weighted by Gasteiger charge is 2.62. The van der Waals surface area contributed by atoms with E-state index in [1.807, 2.05) is 0 Å². The van der Waals surface area contributed by atoms with Crippen LogP contribution in [0.25, 0.3) is 0 Å². The average Bonchev–Trinajstić information content (AvgIpc) is 3.04. The van der Waals surface area contributed by atoms with Gasteiger partial charge in [0, 0.05) is 0 Å². The fourth-order valence-corrected chi connectivity index (χ4v) is 18.7. The van der Waals surface area contributed by atoms with Crippen LogP contribution in [0, 0.1) is 0 Å². The van der Waals surface area contributed by atoms with Crippen LogP contribution in [-0.2, 0) is 0 Å². The molecule has 1 heterocycles. The Morgan fingerprint density at radius 1 is 0.325 bits per heavy atom. The van der Waals surface area contributed by atoms with Crippen LogP contribution in [0.5, 0.6) is 11.5 Å². The number of ether oxygens (including phenoxy) is 1. The van der Waals surface area contributed by atoms with Crippen molar-refractivity contribution in [1.82, 2.24) is 0 Å². The minimum absolute atomic E-state index is 0.954. The number of benzene rings is 6. The Morgan fingerprint density at radius 3 is 0.925 bits per heavy atom. The van der Waals surface area contributed by atoms with Gasteiger partial charge in [-0.25, -0.2) is 0 Å². The normalized spacial score (nSPS) is 15.0.